The van der Waals surface area contributed by atoms with Gasteiger partial charge in [0.25, 0.3) is 5.91 Å². The molecule has 2 aliphatic rings. The van der Waals surface area contributed by atoms with Crippen LogP contribution in [0.4, 0.5) is 11.4 Å². The van der Waals surface area contributed by atoms with E-state index in [-0.39, 0.29) is 24.3 Å². The zero-order chi connectivity index (χ0) is 18.4. The van der Waals surface area contributed by atoms with Crippen molar-refractivity contribution in [3.63, 3.8) is 0 Å². The van der Waals surface area contributed by atoms with E-state index in [0.29, 0.717) is 23.5 Å². The lowest BCUT2D eigenvalue weighted by molar-refractivity contribution is -0.119. The Bertz CT molecular complexity index is 1060. The summed E-state index contributed by atoms with van der Waals surface area (Å²) in [5, 5.41) is 10.2. The largest absolute Gasteiger partial charge is 0.482 e. The fourth-order valence-corrected chi connectivity index (χ4v) is 3.66. The van der Waals surface area contributed by atoms with E-state index in [1.807, 2.05) is 47.1 Å². The number of anilines is 2. The lowest BCUT2D eigenvalue weighted by Gasteiger charge is -2.29. The van der Waals surface area contributed by atoms with Crippen LogP contribution < -0.4 is 15.4 Å². The number of fused-ring (bicyclic) bond motifs is 2. The highest BCUT2D eigenvalue weighted by atomic mass is 16.5. The Morgan fingerprint density at radius 3 is 2.67 bits per heavy atom. The van der Waals surface area contributed by atoms with Crippen molar-refractivity contribution < 1.29 is 14.3 Å². The maximum atomic E-state index is 12.3. The zero-order valence-electron chi connectivity index (χ0n) is 14.3. The second-order valence-corrected chi connectivity index (χ2v) is 6.58. The van der Waals surface area contributed by atoms with Gasteiger partial charge in [-0.25, -0.2) is 4.68 Å². The number of nitrogens with one attached hydrogen (secondary N) is 2. The molecule has 3 aromatic rings. The third-order valence-electron chi connectivity index (χ3n) is 4.85. The number of amides is 2. The molecule has 5 rings (SSSR count). The molecule has 2 aliphatic heterocycles. The number of hydrogen-bond donors (Lipinski definition) is 2. The number of carbonyl (C=O) groups excluding carboxylic acids is 2. The Kier molecular flexibility index (Phi) is 3.46. The number of rotatable bonds is 2. The Balaban J connectivity index is 1.64. The molecule has 0 fully saturated rings. The van der Waals surface area contributed by atoms with E-state index < -0.39 is 0 Å². The smallest absolute Gasteiger partial charge is 0.262 e. The molecule has 2 N–H and O–H groups in total. The van der Waals surface area contributed by atoms with Gasteiger partial charge in [0.1, 0.15) is 5.75 Å². The minimum atomic E-state index is -0.187. The minimum Gasteiger partial charge on any atom is -0.482 e. The van der Waals surface area contributed by atoms with Crippen LogP contribution >= 0.6 is 0 Å². The zero-order valence-corrected chi connectivity index (χ0v) is 14.3. The van der Waals surface area contributed by atoms with E-state index in [0.717, 1.165) is 16.9 Å². The molecular weight excluding hydrogens is 344 g/mol. The summed E-state index contributed by atoms with van der Waals surface area (Å²) < 4.78 is 7.32. The van der Waals surface area contributed by atoms with Crippen molar-refractivity contribution in [2.75, 3.05) is 17.2 Å². The molecule has 1 aromatic heterocycles. The molecule has 0 saturated carbocycles. The number of hydrogen-bond acceptors (Lipinski definition) is 4. The second-order valence-electron chi connectivity index (χ2n) is 6.58. The fourth-order valence-electron chi connectivity index (χ4n) is 3.66. The van der Waals surface area contributed by atoms with Crippen LogP contribution in [0.3, 0.4) is 0 Å². The number of benzene rings is 2. The highest BCUT2D eigenvalue weighted by molar-refractivity contribution is 5.99. The van der Waals surface area contributed by atoms with E-state index in [1.54, 1.807) is 12.3 Å². The Morgan fingerprint density at radius 1 is 1.00 bits per heavy atom. The molecule has 7 heteroatoms. The molecular formula is C20H16N4O3. The molecule has 2 amide bonds. The summed E-state index contributed by atoms with van der Waals surface area (Å²) in [6.45, 7) is -0.0239. The summed E-state index contributed by atoms with van der Waals surface area (Å²) in [6.07, 6.45) is 2.04. The van der Waals surface area contributed by atoms with Crippen LogP contribution in [-0.4, -0.2) is 28.2 Å². The van der Waals surface area contributed by atoms with Crippen LogP contribution in [0.25, 0.3) is 5.69 Å². The average Bonchev–Trinajstić information content (AvgIpc) is 3.16. The Morgan fingerprint density at radius 2 is 1.81 bits per heavy atom. The summed E-state index contributed by atoms with van der Waals surface area (Å²) in [6, 6.07) is 15.4. The van der Waals surface area contributed by atoms with E-state index in [1.165, 1.54) is 0 Å². The predicted octanol–water partition coefficient (Wildman–Crippen LogP) is 2.68. The Labute approximate surface area is 155 Å². The SMILES string of the molecule is O=C1COc2cc3c(cc2N1)[C@H](c1ccnn1-c1ccccc1)CC(=O)N3. The van der Waals surface area contributed by atoms with E-state index >= 15 is 0 Å². The lowest BCUT2D eigenvalue weighted by Crippen LogP contribution is -2.28. The fraction of sp³-hybridized carbons (Fsp3) is 0.150. The van der Waals surface area contributed by atoms with Crippen molar-refractivity contribution in [1.29, 1.82) is 0 Å². The summed E-state index contributed by atoms with van der Waals surface area (Å²) in [4.78, 5) is 24.0. The van der Waals surface area contributed by atoms with E-state index in [4.69, 9.17) is 4.74 Å². The van der Waals surface area contributed by atoms with Gasteiger partial charge in [0.05, 0.1) is 17.1 Å². The van der Waals surface area contributed by atoms with Gasteiger partial charge in [-0.3, -0.25) is 9.59 Å². The van der Waals surface area contributed by atoms with Gasteiger partial charge in [-0.15, -0.1) is 0 Å². The van der Waals surface area contributed by atoms with E-state index in [2.05, 4.69) is 15.7 Å². The van der Waals surface area contributed by atoms with Gasteiger partial charge in [0, 0.05) is 30.3 Å². The average molecular weight is 360 g/mol. The number of para-hydroxylation sites is 1. The van der Waals surface area contributed by atoms with Crippen molar-refractivity contribution in [2.45, 2.75) is 12.3 Å². The van der Waals surface area contributed by atoms with Crippen molar-refractivity contribution in [1.82, 2.24) is 9.78 Å². The quantitative estimate of drug-likeness (QED) is 0.736. The molecule has 27 heavy (non-hydrogen) atoms. The summed E-state index contributed by atoms with van der Waals surface area (Å²) >= 11 is 0. The molecule has 0 spiro atoms. The van der Waals surface area contributed by atoms with Gasteiger partial charge in [0.15, 0.2) is 6.61 Å². The maximum Gasteiger partial charge on any atom is 0.262 e. The second kappa shape index (κ2) is 5.98. The normalized spacial score (nSPS) is 18.0. The van der Waals surface area contributed by atoms with Gasteiger partial charge in [-0.2, -0.15) is 5.10 Å². The minimum absolute atomic E-state index is 0.0239. The maximum absolute atomic E-state index is 12.3. The number of carbonyl (C=O) groups is 2. The first kappa shape index (κ1) is 15.6. The molecule has 134 valence electrons. The monoisotopic (exact) mass is 360 g/mol. The standard InChI is InChI=1S/C20H16N4O3/c25-19-9-14(17-6-7-21-24(17)12-4-2-1-3-5-12)13-8-16-18(10-15(13)22-19)27-11-20(26)23-16/h1-8,10,14H,9,11H2,(H,22,25)(H,23,26)/t14-/m1/s1. The highest BCUT2D eigenvalue weighted by Crippen LogP contribution is 2.43. The van der Waals surface area contributed by atoms with Crippen LogP contribution in [0.15, 0.2) is 54.7 Å². The molecule has 0 saturated heterocycles. The van der Waals surface area contributed by atoms with Gasteiger partial charge < -0.3 is 15.4 Å². The summed E-state index contributed by atoms with van der Waals surface area (Å²) in [7, 11) is 0. The van der Waals surface area contributed by atoms with Gasteiger partial charge in [-0.1, -0.05) is 18.2 Å². The molecule has 7 nitrogen and oxygen atoms in total. The molecule has 0 aliphatic carbocycles. The lowest BCUT2D eigenvalue weighted by atomic mass is 9.87. The summed E-state index contributed by atoms with van der Waals surface area (Å²) in [5.74, 6) is 0.132. The van der Waals surface area contributed by atoms with Gasteiger partial charge in [-0.05, 0) is 29.8 Å². The highest BCUT2D eigenvalue weighted by Gasteiger charge is 2.31. The van der Waals surface area contributed by atoms with Crippen LogP contribution in [0.5, 0.6) is 5.75 Å². The van der Waals surface area contributed by atoms with Crippen molar-refractivity contribution in [3.8, 4) is 11.4 Å². The number of aromatic nitrogens is 2. The number of nitrogens with zero attached hydrogens (tertiary/aromatic N) is 2. The molecule has 0 radical (unpaired) electrons. The topological polar surface area (TPSA) is 85.2 Å². The van der Waals surface area contributed by atoms with Crippen LogP contribution in [0, 0.1) is 0 Å². The molecule has 0 bridgehead atoms. The molecule has 1 atom stereocenters. The van der Waals surface area contributed by atoms with Gasteiger partial charge in [0.2, 0.25) is 5.91 Å². The summed E-state index contributed by atoms with van der Waals surface area (Å²) in [5.41, 5.74) is 4.10. The van der Waals surface area contributed by atoms with Crippen molar-refractivity contribution >= 4 is 23.2 Å². The van der Waals surface area contributed by atoms with E-state index in [9.17, 15) is 9.59 Å². The van der Waals surface area contributed by atoms with Crippen molar-refractivity contribution in [2.24, 2.45) is 0 Å². The number of ether oxygens (including phenoxy) is 1. The van der Waals surface area contributed by atoms with Gasteiger partial charge >= 0.3 is 0 Å². The third-order valence-corrected chi connectivity index (χ3v) is 4.85. The molecule has 0 unspecified atom stereocenters. The predicted molar refractivity (Wildman–Crippen MR) is 99.2 cm³/mol. The van der Waals surface area contributed by atoms with Crippen LogP contribution in [0.2, 0.25) is 0 Å². The molecule has 3 heterocycles. The first-order valence-electron chi connectivity index (χ1n) is 8.69. The molecule has 2 aromatic carbocycles. The third kappa shape index (κ3) is 2.64. The first-order valence-corrected chi connectivity index (χ1v) is 8.69. The Hall–Kier alpha value is -3.61. The van der Waals surface area contributed by atoms with Crippen molar-refractivity contribution in [3.05, 3.63) is 66.0 Å². The first-order chi connectivity index (χ1) is 13.2. The van der Waals surface area contributed by atoms with Crippen LogP contribution in [-0.2, 0) is 9.59 Å². The van der Waals surface area contributed by atoms with Crippen LogP contribution in [0.1, 0.15) is 23.6 Å².